The second-order valence-electron chi connectivity index (χ2n) is 4.81. The first-order valence-electron chi connectivity index (χ1n) is 7.08. The van der Waals surface area contributed by atoms with Crippen LogP contribution in [0.25, 0.3) is 10.4 Å². The van der Waals surface area contributed by atoms with Crippen molar-refractivity contribution in [3.05, 3.63) is 45.8 Å². The lowest BCUT2D eigenvalue weighted by Gasteiger charge is -2.20. The fraction of sp³-hybridized carbons (Fsp3) is 0.438. The molecule has 0 aliphatic carbocycles. The number of oxime groups is 1. The topological polar surface area (TPSA) is 90.6 Å². The first-order valence-corrected chi connectivity index (χ1v) is 7.08. The van der Waals surface area contributed by atoms with E-state index in [1.807, 2.05) is 0 Å². The number of benzene rings is 1. The number of azide groups is 1. The van der Waals surface area contributed by atoms with Gasteiger partial charge in [0.2, 0.25) is 0 Å². The quantitative estimate of drug-likeness (QED) is 0.109. The predicted octanol–water partition coefficient (Wildman–Crippen LogP) is 3.86. The zero-order valence-corrected chi connectivity index (χ0v) is 12.9. The van der Waals surface area contributed by atoms with Crippen molar-refractivity contribution in [1.82, 2.24) is 0 Å². The van der Waals surface area contributed by atoms with E-state index in [4.69, 9.17) is 21.9 Å². The Balaban J connectivity index is 2.85. The largest absolute Gasteiger partial charge is 0.411 e. The molecule has 0 aliphatic heterocycles. The van der Waals surface area contributed by atoms with Gasteiger partial charge >= 0.3 is 0 Å². The molecule has 23 heavy (non-hydrogen) atoms. The van der Waals surface area contributed by atoms with E-state index in [9.17, 15) is 4.39 Å². The molecule has 0 radical (unpaired) electrons. The van der Waals surface area contributed by atoms with Crippen LogP contribution < -0.4 is 0 Å². The molecule has 1 aromatic carbocycles. The van der Waals surface area contributed by atoms with Crippen molar-refractivity contribution < 1.29 is 14.3 Å². The van der Waals surface area contributed by atoms with Gasteiger partial charge in [0, 0.05) is 18.6 Å². The molecule has 0 aliphatic rings. The highest BCUT2D eigenvalue weighted by molar-refractivity contribution is 6.00. The Morgan fingerprint density at radius 3 is 2.65 bits per heavy atom. The monoisotopic (exact) mass is 318 g/mol. The number of methoxy groups -OCH3 is 1. The molecule has 2 atom stereocenters. The van der Waals surface area contributed by atoms with Crippen molar-refractivity contribution >= 4 is 5.71 Å². The number of hydrogen-bond acceptors (Lipinski definition) is 4. The van der Waals surface area contributed by atoms with Crippen LogP contribution in [0.3, 0.4) is 0 Å². The number of alkyl halides is 1. The van der Waals surface area contributed by atoms with Crippen molar-refractivity contribution in [1.29, 1.82) is 0 Å². The Kier molecular flexibility index (Phi) is 8.22. The molecule has 122 valence electrons. The van der Waals surface area contributed by atoms with Gasteiger partial charge < -0.3 is 9.94 Å². The molecule has 6 nitrogen and oxygen atoms in total. The van der Waals surface area contributed by atoms with Crippen LogP contribution in [0, 0.1) is 18.3 Å². The molecule has 0 fully saturated rings. The summed E-state index contributed by atoms with van der Waals surface area (Å²) in [5.74, 6) is 1.73. The molecule has 1 rings (SSSR count). The lowest BCUT2D eigenvalue weighted by molar-refractivity contribution is 0.0624. The molecule has 0 bridgehead atoms. The van der Waals surface area contributed by atoms with Crippen LogP contribution in [0.5, 0.6) is 0 Å². The molecule has 7 heteroatoms. The Morgan fingerprint density at radius 2 is 2.17 bits per heavy atom. The highest BCUT2D eigenvalue weighted by Crippen LogP contribution is 2.26. The van der Waals surface area contributed by atoms with Crippen LogP contribution in [0.4, 0.5) is 4.39 Å². The third-order valence-corrected chi connectivity index (χ3v) is 3.43. The molecule has 1 N–H and O–H groups in total. The number of hydrogen-bond donors (Lipinski definition) is 1. The third kappa shape index (κ3) is 5.29. The molecule has 0 aromatic heterocycles. The fourth-order valence-electron chi connectivity index (χ4n) is 2.22. The first kappa shape index (κ1) is 18.5. The minimum atomic E-state index is -0.667. The maximum Gasteiger partial charge on any atom is 0.106 e. The van der Waals surface area contributed by atoms with Gasteiger partial charge in [-0.25, -0.2) is 4.39 Å². The second-order valence-corrected chi connectivity index (χ2v) is 4.81. The number of nitrogens with zero attached hydrogens (tertiary/aromatic N) is 4. The van der Waals surface area contributed by atoms with Crippen molar-refractivity contribution in [2.45, 2.75) is 18.9 Å². The van der Waals surface area contributed by atoms with Gasteiger partial charge in [0.05, 0.1) is 17.7 Å². The normalized spacial score (nSPS) is 13.7. The first-order chi connectivity index (χ1) is 11.2. The van der Waals surface area contributed by atoms with E-state index in [0.717, 1.165) is 11.1 Å². The highest BCUT2D eigenvalue weighted by Gasteiger charge is 2.21. The second kappa shape index (κ2) is 10.2. The summed E-state index contributed by atoms with van der Waals surface area (Å²) >= 11 is 0. The zero-order valence-electron chi connectivity index (χ0n) is 12.9. The Hall–Kier alpha value is -2.55. The summed E-state index contributed by atoms with van der Waals surface area (Å²) in [6, 6.07) is 7.05. The molecule has 0 heterocycles. The summed E-state index contributed by atoms with van der Waals surface area (Å²) in [5, 5.41) is 15.8. The van der Waals surface area contributed by atoms with Gasteiger partial charge in [0.15, 0.2) is 0 Å². The van der Waals surface area contributed by atoms with E-state index < -0.39 is 18.7 Å². The van der Waals surface area contributed by atoms with Crippen LogP contribution >= 0.6 is 0 Å². The lowest BCUT2D eigenvalue weighted by Crippen LogP contribution is -2.15. The average molecular weight is 318 g/mol. The molecule has 0 saturated carbocycles. The zero-order chi connectivity index (χ0) is 17.1. The maximum absolute atomic E-state index is 12.9. The predicted molar refractivity (Wildman–Crippen MR) is 86.1 cm³/mol. The highest BCUT2D eigenvalue weighted by atomic mass is 19.1. The Bertz CT molecular complexity index is 604. The molecule has 0 unspecified atom stereocenters. The van der Waals surface area contributed by atoms with Crippen molar-refractivity contribution in [2.24, 2.45) is 16.2 Å². The van der Waals surface area contributed by atoms with Crippen molar-refractivity contribution in [2.75, 3.05) is 20.3 Å². The number of terminal acetylenes is 1. The van der Waals surface area contributed by atoms with Crippen LogP contribution in [0.1, 0.15) is 30.1 Å². The van der Waals surface area contributed by atoms with Gasteiger partial charge in [-0.2, -0.15) is 0 Å². The van der Waals surface area contributed by atoms with Crippen molar-refractivity contribution in [3.8, 4) is 12.3 Å². The smallest absolute Gasteiger partial charge is 0.106 e. The summed E-state index contributed by atoms with van der Waals surface area (Å²) in [6.45, 7) is -0.334. The van der Waals surface area contributed by atoms with Crippen LogP contribution in [-0.4, -0.2) is 31.2 Å². The van der Waals surface area contributed by atoms with E-state index in [-0.39, 0.29) is 0 Å². The van der Waals surface area contributed by atoms with E-state index in [1.165, 1.54) is 7.11 Å². The molecular formula is C16H19FN4O2. The molecule has 0 spiro atoms. The summed E-state index contributed by atoms with van der Waals surface area (Å²) in [4.78, 5) is 2.67. The SMILES string of the molecule is C#C[C@H](CF)[C@H](OC)c1ccc(/C(CCCN=[N+]=[N-])=N/O)cc1. The van der Waals surface area contributed by atoms with Gasteiger partial charge in [-0.05, 0) is 29.5 Å². The summed E-state index contributed by atoms with van der Waals surface area (Å²) in [5.41, 5.74) is 10.2. The van der Waals surface area contributed by atoms with Gasteiger partial charge in [-0.1, -0.05) is 40.5 Å². The summed E-state index contributed by atoms with van der Waals surface area (Å²) in [6.07, 6.45) is 5.84. The summed E-state index contributed by atoms with van der Waals surface area (Å²) < 4.78 is 18.2. The molecule has 0 saturated heterocycles. The van der Waals surface area contributed by atoms with E-state index in [2.05, 4.69) is 21.1 Å². The van der Waals surface area contributed by atoms with E-state index in [0.29, 0.717) is 25.1 Å². The maximum atomic E-state index is 12.9. The molecular weight excluding hydrogens is 299 g/mol. The van der Waals surface area contributed by atoms with Crippen LogP contribution in [0.2, 0.25) is 0 Å². The van der Waals surface area contributed by atoms with E-state index >= 15 is 0 Å². The number of rotatable bonds is 9. The molecule has 0 amide bonds. The summed E-state index contributed by atoms with van der Waals surface area (Å²) in [7, 11) is 1.48. The standard InChI is InChI=1S/C16H19FN4O2/c1-3-12(11-17)16(23-2)14-8-6-13(7-9-14)15(20-22)5-4-10-19-21-18/h1,6-9,12,16,22H,4-5,10-11H2,2H3/b20-15+/t12-,16+/m1/s1. The van der Waals surface area contributed by atoms with Gasteiger partial charge in [-0.3, -0.25) is 0 Å². The van der Waals surface area contributed by atoms with Crippen LogP contribution in [0.15, 0.2) is 34.5 Å². The fourth-order valence-corrected chi connectivity index (χ4v) is 2.22. The minimum Gasteiger partial charge on any atom is -0.411 e. The van der Waals surface area contributed by atoms with Gasteiger partial charge in [0.1, 0.15) is 6.67 Å². The van der Waals surface area contributed by atoms with Crippen molar-refractivity contribution in [3.63, 3.8) is 0 Å². The average Bonchev–Trinajstić information content (AvgIpc) is 2.60. The van der Waals surface area contributed by atoms with Gasteiger partial charge in [-0.15, -0.1) is 6.42 Å². The Labute approximate surface area is 134 Å². The lowest BCUT2D eigenvalue weighted by atomic mass is 9.95. The number of halogens is 1. The number of ether oxygens (including phenoxy) is 1. The van der Waals surface area contributed by atoms with Gasteiger partial charge in [0.25, 0.3) is 0 Å². The minimum absolute atomic E-state index is 0.333. The third-order valence-electron chi connectivity index (χ3n) is 3.43. The van der Waals surface area contributed by atoms with Crippen LogP contribution in [-0.2, 0) is 4.74 Å². The van der Waals surface area contributed by atoms with E-state index in [1.54, 1.807) is 24.3 Å². The Morgan fingerprint density at radius 1 is 1.48 bits per heavy atom. The molecule has 1 aromatic rings.